The molecule has 0 aromatic heterocycles. The highest BCUT2D eigenvalue weighted by atomic mass is 127. The summed E-state index contributed by atoms with van der Waals surface area (Å²) in [6.45, 7) is 0.0963. The minimum absolute atomic E-state index is 0.0963. The fourth-order valence-electron chi connectivity index (χ4n) is 1.62. The molecular weight excluding hydrogens is 453 g/mol. The zero-order valence-corrected chi connectivity index (χ0v) is 14.3. The van der Waals surface area contributed by atoms with E-state index in [9.17, 15) is 14.9 Å². The van der Waals surface area contributed by atoms with E-state index >= 15 is 0 Å². The van der Waals surface area contributed by atoms with E-state index in [2.05, 4.69) is 15.9 Å². The Hall–Kier alpha value is -1.48. The Labute approximate surface area is 142 Å². The zero-order valence-electron chi connectivity index (χ0n) is 10.6. The normalized spacial score (nSPS) is 10.2. The van der Waals surface area contributed by atoms with E-state index in [0.29, 0.717) is 3.57 Å². The first-order valence-electron chi connectivity index (χ1n) is 5.83. The summed E-state index contributed by atoms with van der Waals surface area (Å²) in [5.74, 6) is -0.584. The molecule has 108 valence electrons. The number of esters is 1. The van der Waals surface area contributed by atoms with Gasteiger partial charge in [0, 0.05) is 25.7 Å². The van der Waals surface area contributed by atoms with E-state index in [1.807, 2.05) is 46.9 Å². The lowest BCUT2D eigenvalue weighted by molar-refractivity contribution is -0.384. The minimum Gasteiger partial charge on any atom is -0.457 e. The molecule has 0 heterocycles. The summed E-state index contributed by atoms with van der Waals surface area (Å²) in [6.07, 6.45) is 0. The Kier molecular flexibility index (Phi) is 5.29. The summed E-state index contributed by atoms with van der Waals surface area (Å²) in [6, 6.07) is 11.5. The van der Waals surface area contributed by atoms with E-state index in [1.54, 1.807) is 0 Å². The number of hydrogen-bond donors (Lipinski definition) is 0. The van der Waals surface area contributed by atoms with Crippen molar-refractivity contribution in [3.63, 3.8) is 0 Å². The third kappa shape index (κ3) is 4.01. The van der Waals surface area contributed by atoms with E-state index in [0.717, 1.165) is 10.0 Å². The highest BCUT2D eigenvalue weighted by Gasteiger charge is 2.17. The lowest BCUT2D eigenvalue weighted by Crippen LogP contribution is -2.08. The van der Waals surface area contributed by atoms with Gasteiger partial charge >= 0.3 is 5.97 Å². The van der Waals surface area contributed by atoms with Crippen molar-refractivity contribution in [1.29, 1.82) is 0 Å². The fourth-order valence-corrected chi connectivity index (χ4v) is 2.57. The maximum atomic E-state index is 12.1. The Balaban J connectivity index is 2.15. The molecule has 0 unspecified atom stereocenters. The summed E-state index contributed by atoms with van der Waals surface area (Å²) in [7, 11) is 0. The van der Waals surface area contributed by atoms with Gasteiger partial charge in [-0.25, -0.2) is 4.79 Å². The average molecular weight is 462 g/mol. The third-order valence-electron chi connectivity index (χ3n) is 2.70. The number of nitrogens with zero attached hydrogens (tertiary/aromatic N) is 1. The van der Waals surface area contributed by atoms with Crippen molar-refractivity contribution in [2.45, 2.75) is 6.61 Å². The van der Waals surface area contributed by atoms with Gasteiger partial charge in [-0.3, -0.25) is 10.1 Å². The number of halogens is 2. The first-order valence-corrected chi connectivity index (χ1v) is 7.70. The molecule has 2 aromatic rings. The molecule has 0 radical (unpaired) electrons. The molecule has 2 rings (SSSR count). The maximum Gasteiger partial charge on any atom is 0.339 e. The molecule has 2 aromatic carbocycles. The monoisotopic (exact) mass is 461 g/mol. The van der Waals surface area contributed by atoms with Crippen LogP contribution in [0.3, 0.4) is 0 Å². The summed E-state index contributed by atoms with van der Waals surface area (Å²) in [5, 5.41) is 10.8. The van der Waals surface area contributed by atoms with Crippen LogP contribution in [0, 0.1) is 13.7 Å². The van der Waals surface area contributed by atoms with Crippen LogP contribution in [0.4, 0.5) is 5.69 Å². The second-order valence-corrected chi connectivity index (χ2v) is 6.11. The Bertz CT molecular complexity index is 705. The van der Waals surface area contributed by atoms with Crippen LogP contribution < -0.4 is 0 Å². The number of rotatable bonds is 4. The number of ether oxygens (including phenoxy) is 1. The van der Waals surface area contributed by atoms with Gasteiger partial charge in [-0.1, -0.05) is 34.1 Å². The molecule has 0 aliphatic heterocycles. The third-order valence-corrected chi connectivity index (χ3v) is 4.41. The Morgan fingerprint density at radius 3 is 2.67 bits per heavy atom. The molecule has 0 fully saturated rings. The first kappa shape index (κ1) is 15.9. The molecule has 21 heavy (non-hydrogen) atoms. The smallest absolute Gasteiger partial charge is 0.339 e. The van der Waals surface area contributed by atoms with Gasteiger partial charge in [0.25, 0.3) is 5.69 Å². The number of non-ortho nitro benzene ring substituents is 1. The van der Waals surface area contributed by atoms with Crippen LogP contribution >= 0.6 is 38.5 Å². The quantitative estimate of drug-likeness (QED) is 0.294. The second-order valence-electron chi connectivity index (χ2n) is 4.09. The SMILES string of the molecule is O=C(OCc1ccccc1Br)c1cc([N+](=O)[O-])ccc1I. The van der Waals surface area contributed by atoms with Crippen molar-refractivity contribution in [3.8, 4) is 0 Å². The lowest BCUT2D eigenvalue weighted by atomic mass is 10.2. The van der Waals surface area contributed by atoms with Crippen LogP contribution in [-0.4, -0.2) is 10.9 Å². The first-order chi connectivity index (χ1) is 9.99. The van der Waals surface area contributed by atoms with Crippen LogP contribution in [0.5, 0.6) is 0 Å². The Morgan fingerprint density at radius 1 is 1.29 bits per heavy atom. The van der Waals surface area contributed by atoms with Crippen LogP contribution in [0.15, 0.2) is 46.9 Å². The molecule has 5 nitrogen and oxygen atoms in total. The van der Waals surface area contributed by atoms with Crippen molar-refractivity contribution in [3.05, 3.63) is 71.7 Å². The van der Waals surface area contributed by atoms with Crippen molar-refractivity contribution in [2.24, 2.45) is 0 Å². The Morgan fingerprint density at radius 2 is 2.00 bits per heavy atom. The van der Waals surface area contributed by atoms with Gasteiger partial charge in [0.15, 0.2) is 0 Å². The average Bonchev–Trinajstić information content (AvgIpc) is 2.46. The van der Waals surface area contributed by atoms with E-state index in [-0.39, 0.29) is 17.9 Å². The molecule has 0 N–H and O–H groups in total. The highest BCUT2D eigenvalue weighted by molar-refractivity contribution is 14.1. The number of carbonyl (C=O) groups is 1. The predicted octanol–water partition coefficient (Wildman–Crippen LogP) is 4.32. The van der Waals surface area contributed by atoms with Gasteiger partial charge in [0.1, 0.15) is 6.61 Å². The highest BCUT2D eigenvalue weighted by Crippen LogP contribution is 2.22. The molecule has 0 saturated carbocycles. The molecule has 0 amide bonds. The van der Waals surface area contributed by atoms with E-state index < -0.39 is 10.9 Å². The predicted molar refractivity (Wildman–Crippen MR) is 89.1 cm³/mol. The molecule has 0 aliphatic carbocycles. The van der Waals surface area contributed by atoms with Gasteiger partial charge in [-0.05, 0) is 34.7 Å². The minimum atomic E-state index is -0.584. The number of nitro benzene ring substituents is 1. The van der Waals surface area contributed by atoms with Gasteiger partial charge in [0.2, 0.25) is 0 Å². The van der Waals surface area contributed by atoms with Crippen LogP contribution in [0.25, 0.3) is 0 Å². The van der Waals surface area contributed by atoms with Crippen LogP contribution in [0.1, 0.15) is 15.9 Å². The molecule has 7 heteroatoms. The summed E-state index contributed by atoms with van der Waals surface area (Å²) >= 11 is 5.31. The standard InChI is InChI=1S/C14H9BrINO4/c15-12-4-2-1-3-9(12)8-21-14(18)11-7-10(17(19)20)5-6-13(11)16/h1-7H,8H2. The molecule has 0 atom stereocenters. The van der Waals surface area contributed by atoms with Crippen molar-refractivity contribution >= 4 is 50.2 Å². The van der Waals surface area contributed by atoms with E-state index in [4.69, 9.17) is 4.74 Å². The molecule has 0 bridgehead atoms. The maximum absolute atomic E-state index is 12.1. The molecule has 0 spiro atoms. The number of hydrogen-bond acceptors (Lipinski definition) is 4. The zero-order chi connectivity index (χ0) is 15.4. The van der Waals surface area contributed by atoms with Gasteiger partial charge in [-0.15, -0.1) is 0 Å². The second kappa shape index (κ2) is 6.99. The molecular formula is C14H9BrINO4. The van der Waals surface area contributed by atoms with Crippen LogP contribution in [-0.2, 0) is 11.3 Å². The molecule has 0 aliphatic rings. The van der Waals surface area contributed by atoms with Crippen molar-refractivity contribution in [2.75, 3.05) is 0 Å². The fraction of sp³-hybridized carbons (Fsp3) is 0.0714. The summed E-state index contributed by atoms with van der Waals surface area (Å²) < 4.78 is 6.66. The largest absolute Gasteiger partial charge is 0.457 e. The van der Waals surface area contributed by atoms with Crippen LogP contribution in [0.2, 0.25) is 0 Å². The number of nitro groups is 1. The van der Waals surface area contributed by atoms with Crippen molar-refractivity contribution < 1.29 is 14.5 Å². The summed E-state index contributed by atoms with van der Waals surface area (Å²) in [4.78, 5) is 22.3. The number of benzene rings is 2. The number of carbonyl (C=O) groups excluding carboxylic acids is 1. The van der Waals surface area contributed by atoms with Gasteiger partial charge in [-0.2, -0.15) is 0 Å². The lowest BCUT2D eigenvalue weighted by Gasteiger charge is -2.07. The van der Waals surface area contributed by atoms with Gasteiger partial charge < -0.3 is 4.74 Å². The molecule has 0 saturated heterocycles. The van der Waals surface area contributed by atoms with Gasteiger partial charge in [0.05, 0.1) is 10.5 Å². The van der Waals surface area contributed by atoms with Crippen molar-refractivity contribution in [1.82, 2.24) is 0 Å². The summed E-state index contributed by atoms with van der Waals surface area (Å²) in [5.41, 5.74) is 0.881. The van der Waals surface area contributed by atoms with E-state index in [1.165, 1.54) is 18.2 Å². The topological polar surface area (TPSA) is 69.4 Å².